The minimum absolute atomic E-state index is 0.173. The van der Waals surface area contributed by atoms with Gasteiger partial charge in [-0.3, -0.25) is 4.79 Å². The SMILES string of the molecule is CN(CCN)C1CCCNC(=O)C1. The van der Waals surface area contributed by atoms with Crippen LogP contribution < -0.4 is 11.1 Å². The molecule has 0 bridgehead atoms. The van der Waals surface area contributed by atoms with Crippen LogP contribution in [0.1, 0.15) is 19.3 Å². The highest BCUT2D eigenvalue weighted by Gasteiger charge is 2.20. The molecule has 0 aromatic heterocycles. The molecule has 1 fully saturated rings. The molecular weight excluding hydrogens is 166 g/mol. The zero-order valence-corrected chi connectivity index (χ0v) is 8.25. The summed E-state index contributed by atoms with van der Waals surface area (Å²) in [5.74, 6) is 0.173. The fourth-order valence-corrected chi connectivity index (χ4v) is 1.72. The van der Waals surface area contributed by atoms with Crippen LogP contribution in [0.15, 0.2) is 0 Å². The maximum atomic E-state index is 11.2. The Morgan fingerprint density at radius 1 is 1.69 bits per heavy atom. The largest absolute Gasteiger partial charge is 0.356 e. The molecule has 1 unspecified atom stereocenters. The van der Waals surface area contributed by atoms with Gasteiger partial charge < -0.3 is 16.0 Å². The van der Waals surface area contributed by atoms with E-state index < -0.39 is 0 Å². The first kappa shape index (κ1) is 10.5. The Kier molecular flexibility index (Phi) is 4.18. The van der Waals surface area contributed by atoms with E-state index in [1.165, 1.54) is 0 Å². The van der Waals surface area contributed by atoms with Crippen LogP contribution in [0.3, 0.4) is 0 Å². The molecule has 1 aliphatic rings. The average molecular weight is 185 g/mol. The van der Waals surface area contributed by atoms with Crippen LogP contribution >= 0.6 is 0 Å². The number of rotatable bonds is 3. The van der Waals surface area contributed by atoms with Crippen LogP contribution in [0, 0.1) is 0 Å². The summed E-state index contributed by atoms with van der Waals surface area (Å²) in [6, 6.07) is 0.381. The second-order valence-corrected chi connectivity index (χ2v) is 3.62. The summed E-state index contributed by atoms with van der Waals surface area (Å²) in [4.78, 5) is 13.4. The summed E-state index contributed by atoms with van der Waals surface area (Å²) >= 11 is 0. The van der Waals surface area contributed by atoms with Gasteiger partial charge >= 0.3 is 0 Å². The predicted octanol–water partition coefficient (Wildman–Crippen LogP) is -0.454. The molecule has 1 saturated heterocycles. The highest BCUT2D eigenvalue weighted by Crippen LogP contribution is 2.11. The van der Waals surface area contributed by atoms with Crippen molar-refractivity contribution >= 4 is 5.91 Å². The van der Waals surface area contributed by atoms with Gasteiger partial charge in [-0.25, -0.2) is 0 Å². The number of carbonyl (C=O) groups excluding carboxylic acids is 1. The van der Waals surface area contributed by atoms with Crippen LogP contribution in [0.4, 0.5) is 0 Å². The van der Waals surface area contributed by atoms with Crippen LogP contribution in [0.5, 0.6) is 0 Å². The number of nitrogens with zero attached hydrogens (tertiary/aromatic N) is 1. The third-order valence-corrected chi connectivity index (χ3v) is 2.56. The normalized spacial score (nSPS) is 24.2. The summed E-state index contributed by atoms with van der Waals surface area (Å²) in [5, 5.41) is 2.87. The topological polar surface area (TPSA) is 58.4 Å². The van der Waals surface area contributed by atoms with Crippen molar-refractivity contribution in [2.45, 2.75) is 25.3 Å². The van der Waals surface area contributed by atoms with E-state index in [2.05, 4.69) is 10.2 Å². The van der Waals surface area contributed by atoms with Crippen molar-refractivity contribution in [2.75, 3.05) is 26.7 Å². The van der Waals surface area contributed by atoms with Gasteiger partial charge in [0, 0.05) is 32.1 Å². The molecule has 0 aromatic rings. The van der Waals surface area contributed by atoms with Gasteiger partial charge in [-0.2, -0.15) is 0 Å². The zero-order chi connectivity index (χ0) is 9.68. The third-order valence-electron chi connectivity index (χ3n) is 2.56. The second kappa shape index (κ2) is 5.19. The van der Waals surface area contributed by atoms with E-state index in [4.69, 9.17) is 5.73 Å². The van der Waals surface area contributed by atoms with Crippen LogP contribution in [-0.4, -0.2) is 43.5 Å². The molecule has 0 radical (unpaired) electrons. The molecule has 0 saturated carbocycles. The number of amides is 1. The Hall–Kier alpha value is -0.610. The van der Waals surface area contributed by atoms with Gasteiger partial charge in [-0.15, -0.1) is 0 Å². The number of likely N-dealkylation sites (N-methyl/N-ethyl adjacent to an activating group) is 1. The summed E-state index contributed by atoms with van der Waals surface area (Å²) < 4.78 is 0. The van der Waals surface area contributed by atoms with E-state index in [0.29, 0.717) is 19.0 Å². The molecule has 4 nitrogen and oxygen atoms in total. The van der Waals surface area contributed by atoms with E-state index in [-0.39, 0.29) is 5.91 Å². The summed E-state index contributed by atoms with van der Waals surface area (Å²) in [6.45, 7) is 2.36. The first-order valence-electron chi connectivity index (χ1n) is 4.91. The van der Waals surface area contributed by atoms with Gasteiger partial charge in [0.05, 0.1) is 0 Å². The summed E-state index contributed by atoms with van der Waals surface area (Å²) in [7, 11) is 2.04. The van der Waals surface area contributed by atoms with Gasteiger partial charge in [0.25, 0.3) is 0 Å². The molecule has 3 N–H and O–H groups in total. The lowest BCUT2D eigenvalue weighted by molar-refractivity contribution is -0.121. The van der Waals surface area contributed by atoms with Crippen molar-refractivity contribution < 1.29 is 4.79 Å². The summed E-state index contributed by atoms with van der Waals surface area (Å²) in [5.41, 5.74) is 5.47. The number of hydrogen-bond donors (Lipinski definition) is 2. The monoisotopic (exact) mass is 185 g/mol. The quantitative estimate of drug-likeness (QED) is 0.626. The van der Waals surface area contributed by atoms with E-state index in [9.17, 15) is 4.79 Å². The third kappa shape index (κ3) is 3.32. The lowest BCUT2D eigenvalue weighted by Crippen LogP contribution is -2.37. The molecule has 76 valence electrons. The Labute approximate surface area is 79.5 Å². The first-order valence-corrected chi connectivity index (χ1v) is 4.91. The smallest absolute Gasteiger partial charge is 0.221 e. The molecular formula is C9H19N3O. The van der Waals surface area contributed by atoms with Gasteiger partial charge in [0.1, 0.15) is 0 Å². The second-order valence-electron chi connectivity index (χ2n) is 3.62. The molecule has 13 heavy (non-hydrogen) atoms. The molecule has 1 rings (SSSR count). The van der Waals surface area contributed by atoms with Crippen molar-refractivity contribution in [3.63, 3.8) is 0 Å². The van der Waals surface area contributed by atoms with Crippen molar-refractivity contribution in [3.05, 3.63) is 0 Å². The lowest BCUT2D eigenvalue weighted by Gasteiger charge is -2.25. The summed E-state index contributed by atoms with van der Waals surface area (Å²) in [6.07, 6.45) is 2.79. The van der Waals surface area contributed by atoms with Crippen LogP contribution in [0.2, 0.25) is 0 Å². The predicted molar refractivity (Wildman–Crippen MR) is 52.3 cm³/mol. The molecule has 4 heteroatoms. The fourth-order valence-electron chi connectivity index (χ4n) is 1.72. The molecule has 0 aliphatic carbocycles. The van der Waals surface area contributed by atoms with Gasteiger partial charge in [-0.1, -0.05) is 0 Å². The van der Waals surface area contributed by atoms with Crippen molar-refractivity contribution in [2.24, 2.45) is 5.73 Å². The number of hydrogen-bond acceptors (Lipinski definition) is 3. The minimum atomic E-state index is 0.173. The number of nitrogens with one attached hydrogen (secondary N) is 1. The van der Waals surface area contributed by atoms with Gasteiger partial charge in [-0.05, 0) is 19.9 Å². The molecule has 1 atom stereocenters. The zero-order valence-electron chi connectivity index (χ0n) is 8.25. The standard InChI is InChI=1S/C9H19N3O/c1-12(6-4-10)8-3-2-5-11-9(13)7-8/h8H,2-7,10H2,1H3,(H,11,13). The average Bonchev–Trinajstić information content (AvgIpc) is 2.30. The molecule has 1 heterocycles. The Morgan fingerprint density at radius 2 is 2.46 bits per heavy atom. The van der Waals surface area contributed by atoms with Crippen molar-refractivity contribution in [3.8, 4) is 0 Å². The Morgan fingerprint density at radius 3 is 3.15 bits per heavy atom. The first-order chi connectivity index (χ1) is 6.24. The van der Waals surface area contributed by atoms with Gasteiger partial charge in [0.2, 0.25) is 5.91 Å². The van der Waals surface area contributed by atoms with Gasteiger partial charge in [0.15, 0.2) is 0 Å². The lowest BCUT2D eigenvalue weighted by atomic mass is 10.1. The Bertz CT molecular complexity index is 172. The van der Waals surface area contributed by atoms with Crippen LogP contribution in [0.25, 0.3) is 0 Å². The Balaban J connectivity index is 2.42. The van der Waals surface area contributed by atoms with E-state index in [1.54, 1.807) is 0 Å². The molecule has 0 spiro atoms. The molecule has 1 amide bonds. The highest BCUT2D eigenvalue weighted by molar-refractivity contribution is 5.76. The van der Waals surface area contributed by atoms with E-state index in [1.807, 2.05) is 7.05 Å². The fraction of sp³-hybridized carbons (Fsp3) is 0.889. The van der Waals surface area contributed by atoms with E-state index in [0.717, 1.165) is 25.9 Å². The van der Waals surface area contributed by atoms with E-state index >= 15 is 0 Å². The van der Waals surface area contributed by atoms with Crippen molar-refractivity contribution in [1.29, 1.82) is 0 Å². The maximum Gasteiger partial charge on any atom is 0.221 e. The highest BCUT2D eigenvalue weighted by atomic mass is 16.1. The van der Waals surface area contributed by atoms with Crippen LogP contribution in [-0.2, 0) is 4.79 Å². The molecule has 1 aliphatic heterocycles. The number of nitrogens with two attached hydrogens (primary N) is 1. The molecule has 0 aromatic carbocycles. The number of carbonyl (C=O) groups is 1. The maximum absolute atomic E-state index is 11.2. The van der Waals surface area contributed by atoms with Crippen molar-refractivity contribution in [1.82, 2.24) is 10.2 Å². The minimum Gasteiger partial charge on any atom is -0.356 e.